The van der Waals surface area contributed by atoms with Crippen molar-refractivity contribution in [2.45, 2.75) is 25.6 Å². The van der Waals surface area contributed by atoms with Crippen molar-refractivity contribution in [2.24, 2.45) is 0 Å². The molecule has 1 aliphatic rings. The van der Waals surface area contributed by atoms with Gasteiger partial charge >= 0.3 is 12.1 Å². The summed E-state index contributed by atoms with van der Waals surface area (Å²) in [6.45, 7) is 2.31. The van der Waals surface area contributed by atoms with Crippen LogP contribution in [0.2, 0.25) is 0 Å². The Kier molecular flexibility index (Phi) is 3.80. The first kappa shape index (κ1) is 13.9. The van der Waals surface area contributed by atoms with E-state index < -0.39 is 23.3 Å². The molecular formula is C13H14F3NO2. The molecule has 0 aromatic heterocycles. The van der Waals surface area contributed by atoms with Crippen LogP contribution in [0.5, 0.6) is 0 Å². The van der Waals surface area contributed by atoms with Crippen molar-refractivity contribution in [3.05, 3.63) is 34.9 Å². The second kappa shape index (κ2) is 5.21. The predicted molar refractivity (Wildman–Crippen MR) is 62.9 cm³/mol. The number of hydrogen-bond acceptors (Lipinski definition) is 2. The molecule has 2 rings (SSSR count). The van der Waals surface area contributed by atoms with Crippen LogP contribution in [-0.4, -0.2) is 29.1 Å². The van der Waals surface area contributed by atoms with Crippen molar-refractivity contribution in [2.75, 3.05) is 13.1 Å². The summed E-state index contributed by atoms with van der Waals surface area (Å²) in [4.78, 5) is 13.0. The van der Waals surface area contributed by atoms with E-state index >= 15 is 0 Å². The summed E-state index contributed by atoms with van der Waals surface area (Å²) in [6, 6.07) is 3.34. The van der Waals surface area contributed by atoms with E-state index in [4.69, 9.17) is 5.11 Å². The molecule has 6 heteroatoms. The summed E-state index contributed by atoms with van der Waals surface area (Å²) in [5.74, 6) is -1.55. The summed E-state index contributed by atoms with van der Waals surface area (Å²) in [7, 11) is 0. The molecular weight excluding hydrogens is 259 g/mol. The van der Waals surface area contributed by atoms with Crippen molar-refractivity contribution >= 4 is 5.97 Å². The first-order valence-corrected chi connectivity index (χ1v) is 6.03. The molecule has 0 amide bonds. The highest BCUT2D eigenvalue weighted by Gasteiger charge is 2.35. The van der Waals surface area contributed by atoms with Gasteiger partial charge in [-0.05, 0) is 43.6 Å². The van der Waals surface area contributed by atoms with E-state index in [0.717, 1.165) is 38.1 Å². The summed E-state index contributed by atoms with van der Waals surface area (Å²) >= 11 is 0. The number of nitrogens with zero attached hydrogens (tertiary/aromatic N) is 1. The summed E-state index contributed by atoms with van der Waals surface area (Å²) in [6.07, 6.45) is -2.49. The van der Waals surface area contributed by atoms with Crippen molar-refractivity contribution in [1.82, 2.24) is 4.90 Å². The zero-order valence-electron chi connectivity index (χ0n) is 10.2. The van der Waals surface area contributed by atoms with Gasteiger partial charge in [-0.3, -0.25) is 4.90 Å². The number of likely N-dealkylation sites (tertiary alicyclic amines) is 1. The van der Waals surface area contributed by atoms with Crippen molar-refractivity contribution in [3.63, 3.8) is 0 Å². The minimum atomic E-state index is -4.64. The van der Waals surface area contributed by atoms with Gasteiger partial charge in [0.25, 0.3) is 0 Å². The highest BCUT2D eigenvalue weighted by Crippen LogP contribution is 2.32. The van der Waals surface area contributed by atoms with E-state index in [9.17, 15) is 18.0 Å². The molecule has 104 valence electrons. The number of halogens is 3. The summed E-state index contributed by atoms with van der Waals surface area (Å²) < 4.78 is 38.0. The second-order valence-corrected chi connectivity index (χ2v) is 4.67. The molecule has 0 atom stereocenters. The molecule has 3 nitrogen and oxygen atoms in total. The first-order valence-electron chi connectivity index (χ1n) is 6.03. The minimum absolute atomic E-state index is 0.498. The third kappa shape index (κ3) is 3.26. The van der Waals surface area contributed by atoms with Crippen LogP contribution in [0.3, 0.4) is 0 Å². The number of carboxylic acid groups (broad SMARTS) is 1. The second-order valence-electron chi connectivity index (χ2n) is 4.67. The van der Waals surface area contributed by atoms with Crippen LogP contribution in [0.1, 0.15) is 34.3 Å². The van der Waals surface area contributed by atoms with Crippen LogP contribution in [0.15, 0.2) is 18.2 Å². The van der Waals surface area contributed by atoms with Crippen molar-refractivity contribution in [1.29, 1.82) is 0 Å². The van der Waals surface area contributed by atoms with Crippen LogP contribution >= 0.6 is 0 Å². The third-order valence-corrected chi connectivity index (χ3v) is 3.22. The molecule has 1 saturated heterocycles. The van der Waals surface area contributed by atoms with Gasteiger partial charge in [-0.2, -0.15) is 13.2 Å². The topological polar surface area (TPSA) is 40.5 Å². The van der Waals surface area contributed by atoms with Gasteiger partial charge in [0.2, 0.25) is 0 Å². The Labute approximate surface area is 108 Å². The number of rotatable bonds is 3. The maximum atomic E-state index is 12.7. The average molecular weight is 273 g/mol. The fourth-order valence-electron chi connectivity index (χ4n) is 2.31. The Morgan fingerprint density at radius 1 is 1.26 bits per heavy atom. The van der Waals surface area contributed by atoms with Gasteiger partial charge in [0, 0.05) is 6.54 Å². The first-order chi connectivity index (χ1) is 8.88. The average Bonchev–Trinajstić information content (AvgIpc) is 2.80. The maximum Gasteiger partial charge on any atom is 0.417 e. The van der Waals surface area contributed by atoms with Crippen LogP contribution < -0.4 is 0 Å². The summed E-state index contributed by atoms with van der Waals surface area (Å²) in [5.41, 5.74) is -1.17. The standard InChI is InChI=1S/C13H14F3NO2/c14-13(15,16)11-4-3-9(7-10(11)12(18)19)8-17-5-1-2-6-17/h3-4,7H,1-2,5-6,8H2,(H,18,19). The lowest BCUT2D eigenvalue weighted by Crippen LogP contribution is -2.19. The van der Waals surface area contributed by atoms with E-state index in [1.54, 1.807) is 0 Å². The monoisotopic (exact) mass is 273 g/mol. The van der Waals surface area contributed by atoms with Crippen LogP contribution in [0, 0.1) is 0 Å². The number of carbonyl (C=O) groups is 1. The zero-order valence-corrected chi connectivity index (χ0v) is 10.2. The Hall–Kier alpha value is -1.56. The number of hydrogen-bond donors (Lipinski definition) is 1. The van der Waals surface area contributed by atoms with Gasteiger partial charge in [-0.15, -0.1) is 0 Å². The van der Waals surface area contributed by atoms with E-state index in [1.807, 2.05) is 0 Å². The van der Waals surface area contributed by atoms with E-state index in [0.29, 0.717) is 12.1 Å². The third-order valence-electron chi connectivity index (χ3n) is 3.22. The molecule has 19 heavy (non-hydrogen) atoms. The largest absolute Gasteiger partial charge is 0.478 e. The highest BCUT2D eigenvalue weighted by atomic mass is 19.4. The molecule has 1 aliphatic heterocycles. The van der Waals surface area contributed by atoms with Crippen molar-refractivity contribution in [3.8, 4) is 0 Å². The lowest BCUT2D eigenvalue weighted by molar-refractivity contribution is -0.138. The van der Waals surface area contributed by atoms with Gasteiger partial charge in [-0.1, -0.05) is 6.07 Å². The lowest BCUT2D eigenvalue weighted by Gasteiger charge is -2.16. The van der Waals surface area contributed by atoms with E-state index in [-0.39, 0.29) is 0 Å². The van der Waals surface area contributed by atoms with Crippen LogP contribution in [0.4, 0.5) is 13.2 Å². The normalized spacial score (nSPS) is 16.8. The molecule has 0 aliphatic carbocycles. The lowest BCUT2D eigenvalue weighted by atomic mass is 10.0. The smallest absolute Gasteiger partial charge is 0.417 e. The zero-order chi connectivity index (χ0) is 14.0. The van der Waals surface area contributed by atoms with Gasteiger partial charge in [-0.25, -0.2) is 4.79 Å². The van der Waals surface area contributed by atoms with Gasteiger partial charge < -0.3 is 5.11 Å². The predicted octanol–water partition coefficient (Wildman–Crippen LogP) is 3.00. The Bertz CT molecular complexity index is 479. The molecule has 0 radical (unpaired) electrons. The molecule has 1 fully saturated rings. The fraction of sp³-hybridized carbons (Fsp3) is 0.462. The van der Waals surface area contributed by atoms with E-state index in [2.05, 4.69) is 4.90 Å². The molecule has 0 saturated carbocycles. The van der Waals surface area contributed by atoms with Crippen LogP contribution in [-0.2, 0) is 12.7 Å². The van der Waals surface area contributed by atoms with E-state index in [1.165, 1.54) is 6.07 Å². The number of aromatic carboxylic acids is 1. The molecule has 0 spiro atoms. The fourth-order valence-corrected chi connectivity index (χ4v) is 2.31. The molecule has 1 N–H and O–H groups in total. The van der Waals surface area contributed by atoms with Gasteiger partial charge in [0.1, 0.15) is 0 Å². The maximum absolute atomic E-state index is 12.7. The summed E-state index contributed by atoms with van der Waals surface area (Å²) in [5, 5.41) is 8.90. The molecule has 1 aromatic rings. The Morgan fingerprint density at radius 2 is 1.89 bits per heavy atom. The minimum Gasteiger partial charge on any atom is -0.478 e. The quantitative estimate of drug-likeness (QED) is 0.920. The van der Waals surface area contributed by atoms with Gasteiger partial charge in [0.05, 0.1) is 11.1 Å². The number of alkyl halides is 3. The Balaban J connectivity index is 2.28. The van der Waals surface area contributed by atoms with Gasteiger partial charge in [0.15, 0.2) is 0 Å². The Morgan fingerprint density at radius 3 is 2.42 bits per heavy atom. The molecule has 1 heterocycles. The number of carboxylic acids is 1. The SMILES string of the molecule is O=C(O)c1cc(CN2CCCC2)ccc1C(F)(F)F. The van der Waals surface area contributed by atoms with Crippen molar-refractivity contribution < 1.29 is 23.1 Å². The molecule has 0 bridgehead atoms. The molecule has 0 unspecified atom stereocenters. The number of benzene rings is 1. The molecule has 1 aromatic carbocycles. The van der Waals surface area contributed by atoms with Crippen LogP contribution in [0.25, 0.3) is 0 Å². The highest BCUT2D eigenvalue weighted by molar-refractivity contribution is 5.89.